The van der Waals surface area contributed by atoms with Gasteiger partial charge in [-0.2, -0.15) is 11.8 Å². The first-order valence-corrected chi connectivity index (χ1v) is 9.10. The Labute approximate surface area is 125 Å². The predicted molar refractivity (Wildman–Crippen MR) is 89.1 cm³/mol. The van der Waals surface area contributed by atoms with Crippen molar-refractivity contribution in [3.05, 3.63) is 0 Å². The zero-order valence-corrected chi connectivity index (χ0v) is 14.6. The van der Waals surface area contributed by atoms with E-state index in [9.17, 15) is 0 Å². The summed E-state index contributed by atoms with van der Waals surface area (Å²) < 4.78 is 0. The molecule has 0 aromatic rings. The van der Waals surface area contributed by atoms with E-state index in [0.29, 0.717) is 17.5 Å². The van der Waals surface area contributed by atoms with E-state index in [1.165, 1.54) is 31.0 Å². The minimum atomic E-state index is 0.365. The maximum absolute atomic E-state index is 3.80. The highest BCUT2D eigenvalue weighted by atomic mass is 32.2. The fourth-order valence-electron chi connectivity index (χ4n) is 2.93. The Hall–Kier alpha value is 0.270. The molecule has 1 heterocycles. The highest BCUT2D eigenvalue weighted by Crippen LogP contribution is 2.28. The number of piperazine rings is 1. The Bertz CT molecular complexity index is 250. The van der Waals surface area contributed by atoms with Crippen LogP contribution in [0, 0.1) is 11.3 Å². The third kappa shape index (κ3) is 5.28. The fraction of sp³-hybridized carbons (Fsp3) is 1.00. The molecule has 0 aliphatic carbocycles. The highest BCUT2D eigenvalue weighted by molar-refractivity contribution is 7.99. The molecule has 1 fully saturated rings. The van der Waals surface area contributed by atoms with Crippen LogP contribution >= 0.6 is 11.8 Å². The minimum absolute atomic E-state index is 0.365. The van der Waals surface area contributed by atoms with Gasteiger partial charge in [-0.1, -0.05) is 48.0 Å². The van der Waals surface area contributed by atoms with Gasteiger partial charge in [0.2, 0.25) is 0 Å². The van der Waals surface area contributed by atoms with Gasteiger partial charge in [-0.15, -0.1) is 0 Å². The lowest BCUT2D eigenvalue weighted by atomic mass is 9.82. The lowest BCUT2D eigenvalue weighted by Gasteiger charge is -2.47. The second-order valence-electron chi connectivity index (χ2n) is 6.97. The van der Waals surface area contributed by atoms with E-state index in [2.05, 4.69) is 63.5 Å². The van der Waals surface area contributed by atoms with Gasteiger partial charge in [-0.25, -0.2) is 0 Å². The van der Waals surface area contributed by atoms with E-state index >= 15 is 0 Å². The minimum Gasteiger partial charge on any atom is -0.311 e. The van der Waals surface area contributed by atoms with E-state index in [1.807, 2.05) is 0 Å². The highest BCUT2D eigenvalue weighted by Gasteiger charge is 2.36. The Kier molecular flexibility index (Phi) is 7.20. The van der Waals surface area contributed by atoms with E-state index in [1.54, 1.807) is 0 Å². The maximum atomic E-state index is 3.80. The van der Waals surface area contributed by atoms with Gasteiger partial charge in [-0.05, 0) is 17.1 Å². The van der Waals surface area contributed by atoms with Crippen molar-refractivity contribution in [1.82, 2.24) is 10.2 Å². The van der Waals surface area contributed by atoms with Crippen molar-refractivity contribution in [2.45, 2.75) is 60.0 Å². The van der Waals surface area contributed by atoms with E-state index in [0.717, 1.165) is 12.5 Å². The molecule has 3 atom stereocenters. The molecule has 0 bridgehead atoms. The van der Waals surface area contributed by atoms with E-state index in [-0.39, 0.29) is 0 Å². The smallest absolute Gasteiger partial charge is 0.0270 e. The van der Waals surface area contributed by atoms with Crippen LogP contribution in [0.25, 0.3) is 0 Å². The summed E-state index contributed by atoms with van der Waals surface area (Å²) in [5.41, 5.74) is 0.365. The van der Waals surface area contributed by atoms with Crippen LogP contribution in [0.1, 0.15) is 48.0 Å². The van der Waals surface area contributed by atoms with Crippen LogP contribution in [-0.4, -0.2) is 48.1 Å². The van der Waals surface area contributed by atoms with Gasteiger partial charge in [0.25, 0.3) is 0 Å². The number of nitrogens with zero attached hydrogens (tertiary/aromatic N) is 1. The van der Waals surface area contributed by atoms with Crippen molar-refractivity contribution < 1.29 is 0 Å². The van der Waals surface area contributed by atoms with E-state index in [4.69, 9.17) is 0 Å². The Balaban J connectivity index is 2.63. The monoisotopic (exact) mass is 286 g/mol. The summed E-state index contributed by atoms with van der Waals surface area (Å²) in [5.74, 6) is 3.29. The van der Waals surface area contributed by atoms with Crippen LogP contribution in [-0.2, 0) is 0 Å². The van der Waals surface area contributed by atoms with Gasteiger partial charge >= 0.3 is 0 Å². The standard InChI is InChI=1S/C16H34N2S/c1-7-13(3)14-12-18(9-10-19-8-2)15(11-17-14)16(4,5)6/h13-15,17H,7-12H2,1-6H3. The van der Waals surface area contributed by atoms with Crippen LogP contribution in [0.15, 0.2) is 0 Å². The van der Waals surface area contributed by atoms with Crippen molar-refractivity contribution in [3.63, 3.8) is 0 Å². The van der Waals surface area contributed by atoms with Crippen molar-refractivity contribution in [2.75, 3.05) is 31.1 Å². The summed E-state index contributed by atoms with van der Waals surface area (Å²) in [7, 11) is 0. The Morgan fingerprint density at radius 3 is 2.53 bits per heavy atom. The summed E-state index contributed by atoms with van der Waals surface area (Å²) in [6.45, 7) is 17.7. The van der Waals surface area contributed by atoms with Crippen molar-refractivity contribution in [3.8, 4) is 0 Å². The molecule has 1 aliphatic rings. The van der Waals surface area contributed by atoms with Crippen LogP contribution in [0.4, 0.5) is 0 Å². The summed E-state index contributed by atoms with van der Waals surface area (Å²) in [5, 5.41) is 3.80. The lowest BCUT2D eigenvalue weighted by Crippen LogP contribution is -2.62. The van der Waals surface area contributed by atoms with Gasteiger partial charge in [-0.3, -0.25) is 4.90 Å². The molecule has 0 aromatic heterocycles. The molecule has 114 valence electrons. The number of nitrogens with one attached hydrogen (secondary N) is 1. The van der Waals surface area contributed by atoms with Crippen molar-refractivity contribution in [2.24, 2.45) is 11.3 Å². The largest absolute Gasteiger partial charge is 0.311 e. The molecule has 1 rings (SSSR count). The first-order chi connectivity index (χ1) is 8.90. The average molecular weight is 287 g/mol. The molecule has 0 radical (unpaired) electrons. The molecule has 2 nitrogen and oxygen atoms in total. The second-order valence-corrected chi connectivity index (χ2v) is 8.37. The molecule has 1 saturated heterocycles. The SMILES string of the molecule is CCSCCN1CC(C(C)CC)NCC1C(C)(C)C. The van der Waals surface area contributed by atoms with Gasteiger partial charge in [0, 0.05) is 37.5 Å². The molecule has 0 spiro atoms. The molecule has 3 unspecified atom stereocenters. The predicted octanol–water partition coefficient (Wildman–Crippen LogP) is 3.47. The third-order valence-corrected chi connectivity index (χ3v) is 5.38. The second kappa shape index (κ2) is 7.90. The van der Waals surface area contributed by atoms with Gasteiger partial charge < -0.3 is 5.32 Å². The van der Waals surface area contributed by atoms with Crippen LogP contribution in [0.5, 0.6) is 0 Å². The van der Waals surface area contributed by atoms with Crippen molar-refractivity contribution >= 4 is 11.8 Å². The molecular formula is C16H34N2S. The summed E-state index contributed by atoms with van der Waals surface area (Å²) in [6.07, 6.45) is 1.27. The van der Waals surface area contributed by atoms with Crippen LogP contribution in [0.3, 0.4) is 0 Å². The molecule has 19 heavy (non-hydrogen) atoms. The molecule has 1 N–H and O–H groups in total. The van der Waals surface area contributed by atoms with Crippen LogP contribution < -0.4 is 5.32 Å². The average Bonchev–Trinajstić information content (AvgIpc) is 2.36. The number of rotatable bonds is 6. The molecule has 0 saturated carbocycles. The molecule has 0 amide bonds. The van der Waals surface area contributed by atoms with Crippen LogP contribution in [0.2, 0.25) is 0 Å². The van der Waals surface area contributed by atoms with Gasteiger partial charge in [0.15, 0.2) is 0 Å². The van der Waals surface area contributed by atoms with Gasteiger partial charge in [0.05, 0.1) is 0 Å². The maximum Gasteiger partial charge on any atom is 0.0270 e. The topological polar surface area (TPSA) is 15.3 Å². The first-order valence-electron chi connectivity index (χ1n) is 7.95. The molecular weight excluding hydrogens is 252 g/mol. The Morgan fingerprint density at radius 1 is 1.32 bits per heavy atom. The zero-order valence-electron chi connectivity index (χ0n) is 13.8. The normalized spacial score (nSPS) is 27.5. The molecule has 0 aromatic carbocycles. The summed E-state index contributed by atoms with van der Waals surface area (Å²) in [4.78, 5) is 2.75. The lowest BCUT2D eigenvalue weighted by molar-refractivity contribution is 0.0493. The number of hydrogen-bond donors (Lipinski definition) is 1. The number of hydrogen-bond acceptors (Lipinski definition) is 3. The summed E-state index contributed by atoms with van der Waals surface area (Å²) >= 11 is 2.07. The third-order valence-electron chi connectivity index (χ3n) is 4.50. The van der Waals surface area contributed by atoms with Crippen molar-refractivity contribution in [1.29, 1.82) is 0 Å². The molecule has 1 aliphatic heterocycles. The Morgan fingerprint density at radius 2 is 2.00 bits per heavy atom. The number of thioether (sulfide) groups is 1. The quantitative estimate of drug-likeness (QED) is 0.753. The fourth-order valence-corrected chi connectivity index (χ4v) is 3.58. The zero-order chi connectivity index (χ0) is 14.5. The van der Waals surface area contributed by atoms with Gasteiger partial charge in [0.1, 0.15) is 0 Å². The first kappa shape index (κ1) is 17.3. The summed E-state index contributed by atoms with van der Waals surface area (Å²) in [6, 6.07) is 1.35. The molecule has 3 heteroatoms. The van der Waals surface area contributed by atoms with E-state index < -0.39 is 0 Å².